The second-order valence-electron chi connectivity index (χ2n) is 4.64. The first-order chi connectivity index (χ1) is 10.0. The van der Waals surface area contributed by atoms with Crippen molar-refractivity contribution in [2.24, 2.45) is 0 Å². The maximum absolute atomic E-state index is 11.8. The maximum Gasteiger partial charge on any atom is 0.253 e. The molecule has 1 atom stereocenters. The van der Waals surface area contributed by atoms with Gasteiger partial charge in [-0.3, -0.25) is 9.36 Å². The van der Waals surface area contributed by atoms with E-state index >= 15 is 0 Å². The number of aliphatic hydroxyl groups excluding tert-OH is 1. The molecule has 0 aliphatic heterocycles. The SMILES string of the molecule is COc1ccc(OC)c(C(O)Cn2cnc(C)cc2=O)c1. The number of aryl methyl sites for hydroxylation is 1. The molecular formula is C15H18N2O4. The van der Waals surface area contributed by atoms with Crippen LogP contribution in [0.5, 0.6) is 11.5 Å². The van der Waals surface area contributed by atoms with Gasteiger partial charge in [-0.1, -0.05) is 0 Å². The van der Waals surface area contributed by atoms with Crippen molar-refractivity contribution < 1.29 is 14.6 Å². The van der Waals surface area contributed by atoms with E-state index < -0.39 is 6.10 Å². The molecule has 0 aliphatic rings. The van der Waals surface area contributed by atoms with Crippen LogP contribution in [-0.2, 0) is 6.54 Å². The third kappa shape index (κ3) is 3.41. The van der Waals surface area contributed by atoms with Crippen LogP contribution in [0.25, 0.3) is 0 Å². The van der Waals surface area contributed by atoms with E-state index in [0.717, 1.165) is 0 Å². The van der Waals surface area contributed by atoms with Crippen molar-refractivity contribution in [3.63, 3.8) is 0 Å². The fraction of sp³-hybridized carbons (Fsp3) is 0.333. The lowest BCUT2D eigenvalue weighted by atomic mass is 10.1. The van der Waals surface area contributed by atoms with E-state index in [2.05, 4.69) is 4.98 Å². The zero-order valence-corrected chi connectivity index (χ0v) is 12.2. The van der Waals surface area contributed by atoms with Crippen LogP contribution >= 0.6 is 0 Å². The Bertz CT molecular complexity index is 682. The molecule has 0 fully saturated rings. The summed E-state index contributed by atoms with van der Waals surface area (Å²) in [4.78, 5) is 15.9. The fourth-order valence-electron chi connectivity index (χ4n) is 2.04. The number of rotatable bonds is 5. The Morgan fingerprint density at radius 3 is 2.67 bits per heavy atom. The molecule has 112 valence electrons. The summed E-state index contributed by atoms with van der Waals surface area (Å²) in [5.74, 6) is 1.15. The predicted octanol–water partition coefficient (Wildman–Crippen LogP) is 1.30. The molecule has 0 aliphatic carbocycles. The number of benzene rings is 1. The first-order valence-electron chi connectivity index (χ1n) is 6.48. The van der Waals surface area contributed by atoms with E-state index in [4.69, 9.17) is 9.47 Å². The predicted molar refractivity (Wildman–Crippen MR) is 77.7 cm³/mol. The van der Waals surface area contributed by atoms with Crippen molar-refractivity contribution in [1.82, 2.24) is 9.55 Å². The van der Waals surface area contributed by atoms with E-state index in [1.165, 1.54) is 24.1 Å². The molecule has 1 unspecified atom stereocenters. The van der Waals surface area contributed by atoms with Gasteiger partial charge in [0, 0.05) is 17.3 Å². The monoisotopic (exact) mass is 290 g/mol. The van der Waals surface area contributed by atoms with Gasteiger partial charge in [0.15, 0.2) is 0 Å². The Balaban J connectivity index is 2.31. The number of hydrogen-bond donors (Lipinski definition) is 1. The van der Waals surface area contributed by atoms with E-state index in [1.807, 2.05) is 0 Å². The third-order valence-corrected chi connectivity index (χ3v) is 3.18. The molecule has 21 heavy (non-hydrogen) atoms. The number of nitrogens with zero attached hydrogens (tertiary/aromatic N) is 2. The number of aromatic nitrogens is 2. The molecule has 0 saturated carbocycles. The minimum atomic E-state index is -0.905. The summed E-state index contributed by atoms with van der Waals surface area (Å²) in [5, 5.41) is 10.4. The lowest BCUT2D eigenvalue weighted by molar-refractivity contribution is 0.150. The number of hydrogen-bond acceptors (Lipinski definition) is 5. The standard InChI is InChI=1S/C15H18N2O4/c1-10-6-15(19)17(9-16-10)8-13(18)12-7-11(20-2)4-5-14(12)21-3/h4-7,9,13,18H,8H2,1-3H3. The van der Waals surface area contributed by atoms with Crippen LogP contribution in [0.15, 0.2) is 35.4 Å². The van der Waals surface area contributed by atoms with Gasteiger partial charge in [0.2, 0.25) is 0 Å². The fourth-order valence-corrected chi connectivity index (χ4v) is 2.04. The molecule has 2 rings (SSSR count). The zero-order chi connectivity index (χ0) is 15.4. The summed E-state index contributed by atoms with van der Waals surface area (Å²) in [7, 11) is 3.07. The van der Waals surface area contributed by atoms with Crippen molar-refractivity contribution in [1.29, 1.82) is 0 Å². The van der Waals surface area contributed by atoms with Crippen LogP contribution < -0.4 is 15.0 Å². The average Bonchev–Trinajstić information content (AvgIpc) is 2.49. The van der Waals surface area contributed by atoms with Gasteiger partial charge >= 0.3 is 0 Å². The number of aliphatic hydroxyl groups is 1. The second kappa shape index (κ2) is 6.41. The normalized spacial score (nSPS) is 12.0. The van der Waals surface area contributed by atoms with Crippen molar-refractivity contribution in [2.75, 3.05) is 14.2 Å². The first-order valence-corrected chi connectivity index (χ1v) is 6.48. The molecule has 6 nitrogen and oxygen atoms in total. The molecule has 0 spiro atoms. The van der Waals surface area contributed by atoms with Crippen LogP contribution in [0.3, 0.4) is 0 Å². The highest BCUT2D eigenvalue weighted by molar-refractivity contribution is 5.41. The Morgan fingerprint density at radius 2 is 2.05 bits per heavy atom. The van der Waals surface area contributed by atoms with Crippen molar-refractivity contribution in [2.45, 2.75) is 19.6 Å². The van der Waals surface area contributed by atoms with E-state index in [1.54, 1.807) is 32.2 Å². The summed E-state index contributed by atoms with van der Waals surface area (Å²) in [6, 6.07) is 6.58. The van der Waals surface area contributed by atoms with E-state index in [0.29, 0.717) is 22.8 Å². The minimum absolute atomic E-state index is 0.0929. The zero-order valence-electron chi connectivity index (χ0n) is 12.2. The van der Waals surface area contributed by atoms with Gasteiger partial charge in [0.25, 0.3) is 5.56 Å². The molecule has 1 aromatic carbocycles. The van der Waals surface area contributed by atoms with Gasteiger partial charge in [0.1, 0.15) is 17.6 Å². The maximum atomic E-state index is 11.8. The lowest BCUT2D eigenvalue weighted by Crippen LogP contribution is -2.23. The molecule has 6 heteroatoms. The average molecular weight is 290 g/mol. The summed E-state index contributed by atoms with van der Waals surface area (Å²) < 4.78 is 11.7. The smallest absolute Gasteiger partial charge is 0.253 e. The highest BCUT2D eigenvalue weighted by Gasteiger charge is 2.16. The largest absolute Gasteiger partial charge is 0.497 e. The van der Waals surface area contributed by atoms with Crippen LogP contribution in [0.4, 0.5) is 0 Å². The number of methoxy groups -OCH3 is 2. The highest BCUT2D eigenvalue weighted by Crippen LogP contribution is 2.29. The van der Waals surface area contributed by atoms with Crippen LogP contribution in [0.2, 0.25) is 0 Å². The minimum Gasteiger partial charge on any atom is -0.497 e. The molecule has 1 heterocycles. The van der Waals surface area contributed by atoms with Crippen molar-refractivity contribution >= 4 is 0 Å². The van der Waals surface area contributed by atoms with Crippen molar-refractivity contribution in [3.8, 4) is 11.5 Å². The molecule has 2 aromatic rings. The van der Waals surface area contributed by atoms with Gasteiger partial charge in [-0.25, -0.2) is 4.98 Å². The Morgan fingerprint density at radius 1 is 1.29 bits per heavy atom. The van der Waals surface area contributed by atoms with E-state index in [-0.39, 0.29) is 12.1 Å². The number of ether oxygens (including phenoxy) is 2. The molecule has 1 N–H and O–H groups in total. The van der Waals surface area contributed by atoms with Crippen LogP contribution in [-0.4, -0.2) is 28.9 Å². The summed E-state index contributed by atoms with van der Waals surface area (Å²) in [6.07, 6.45) is 0.519. The topological polar surface area (TPSA) is 73.6 Å². The molecule has 0 bridgehead atoms. The van der Waals surface area contributed by atoms with Crippen LogP contribution in [0.1, 0.15) is 17.4 Å². The Labute approximate surface area is 122 Å². The van der Waals surface area contributed by atoms with Crippen molar-refractivity contribution in [3.05, 3.63) is 52.2 Å². The van der Waals surface area contributed by atoms with Gasteiger partial charge in [-0.05, 0) is 25.1 Å². The first kappa shape index (κ1) is 15.1. The van der Waals surface area contributed by atoms with Gasteiger partial charge in [-0.15, -0.1) is 0 Å². The summed E-state index contributed by atoms with van der Waals surface area (Å²) >= 11 is 0. The summed E-state index contributed by atoms with van der Waals surface area (Å²) in [5.41, 5.74) is 0.998. The van der Waals surface area contributed by atoms with Gasteiger partial charge in [0.05, 0.1) is 27.1 Å². The Hall–Kier alpha value is -2.34. The summed E-state index contributed by atoms with van der Waals surface area (Å²) in [6.45, 7) is 1.84. The molecule has 1 aromatic heterocycles. The lowest BCUT2D eigenvalue weighted by Gasteiger charge is -2.16. The molecule has 0 radical (unpaired) electrons. The molecular weight excluding hydrogens is 272 g/mol. The second-order valence-corrected chi connectivity index (χ2v) is 4.64. The van der Waals surface area contributed by atoms with Gasteiger partial charge in [-0.2, -0.15) is 0 Å². The van der Waals surface area contributed by atoms with Gasteiger partial charge < -0.3 is 14.6 Å². The molecule has 0 amide bonds. The van der Waals surface area contributed by atoms with E-state index in [9.17, 15) is 9.90 Å². The highest BCUT2D eigenvalue weighted by atomic mass is 16.5. The third-order valence-electron chi connectivity index (χ3n) is 3.18. The Kier molecular flexibility index (Phi) is 4.59. The molecule has 0 saturated heterocycles. The quantitative estimate of drug-likeness (QED) is 0.898. The van der Waals surface area contributed by atoms with Crippen LogP contribution in [0, 0.1) is 6.92 Å².